The molecule has 13 heteroatoms. The first-order valence-electron chi connectivity index (χ1n) is 7.27. The number of nitrogens with two attached hydrogens (primary N) is 1. The topological polar surface area (TPSA) is 172 Å². The molecule has 0 amide bonds. The lowest BCUT2D eigenvalue weighted by molar-refractivity contribution is 0.284. The minimum atomic E-state index is -4.72. The molecule has 0 bridgehead atoms. The van der Waals surface area contributed by atoms with Gasteiger partial charge >= 0.3 is 10.4 Å². The van der Waals surface area contributed by atoms with Crippen LogP contribution < -0.4 is 10.9 Å². The van der Waals surface area contributed by atoms with Crippen LogP contribution in [0.5, 0.6) is 0 Å². The first kappa shape index (κ1) is 22.7. The predicted octanol–water partition coefficient (Wildman–Crippen LogP) is 1.35. The van der Waals surface area contributed by atoms with E-state index in [-0.39, 0.29) is 16.3 Å². The lowest BCUT2D eigenvalue weighted by Crippen LogP contribution is -2.31. The monoisotopic (exact) mass is 420 g/mol. The number of hydrogen-bond donors (Lipinski definition) is 3. The second kappa shape index (κ2) is 9.05. The second-order valence-electron chi connectivity index (χ2n) is 5.19. The predicted molar refractivity (Wildman–Crippen MR) is 97.9 cm³/mol. The third kappa shape index (κ3) is 6.73. The zero-order chi connectivity index (χ0) is 20.8. The number of aliphatic hydroxyl groups excluding tert-OH is 1. The van der Waals surface area contributed by atoms with Crippen molar-refractivity contribution in [3.63, 3.8) is 0 Å². The number of rotatable bonds is 9. The summed E-state index contributed by atoms with van der Waals surface area (Å²) in [5.41, 5.74) is 0.705. The minimum Gasteiger partial charge on any atom is -0.492 e. The van der Waals surface area contributed by atoms with Crippen LogP contribution in [0.3, 0.4) is 0 Å². The molecule has 1 aromatic rings. The van der Waals surface area contributed by atoms with E-state index in [0.717, 1.165) is 5.01 Å². The smallest absolute Gasteiger partial charge is 0.397 e. The molecule has 1 aromatic carbocycles. The van der Waals surface area contributed by atoms with Gasteiger partial charge in [-0.25, -0.2) is 23.5 Å². The number of azo groups is 1. The zero-order valence-corrected chi connectivity index (χ0v) is 16.2. The maximum absolute atomic E-state index is 12.1. The Kier molecular flexibility index (Phi) is 7.62. The maximum Gasteiger partial charge on any atom is 0.397 e. The standard InChI is InChI=1S/C14H20N4O7S2/c1-10(2)13(17-16-3)14(19)18(15)11-4-6-12(7-5-11)26(20,21)9-8-25-27(22,23)24/h4-7,19H,1,8-9,15H2,2-3H3,(H,22,23,24)/b14-13-,17-16+. The molecule has 4 N–H and O–H groups in total. The Labute approximate surface area is 157 Å². The van der Waals surface area contributed by atoms with E-state index in [1.54, 1.807) is 6.92 Å². The Morgan fingerprint density at radius 2 is 1.81 bits per heavy atom. The number of allylic oxidation sites excluding steroid dienone is 1. The number of aliphatic hydroxyl groups is 1. The van der Waals surface area contributed by atoms with E-state index >= 15 is 0 Å². The summed E-state index contributed by atoms with van der Waals surface area (Å²) in [6, 6.07) is 5.08. The van der Waals surface area contributed by atoms with E-state index < -0.39 is 38.5 Å². The van der Waals surface area contributed by atoms with Crippen molar-refractivity contribution in [1.82, 2.24) is 0 Å². The van der Waals surface area contributed by atoms with Gasteiger partial charge in [-0.2, -0.15) is 18.6 Å². The van der Waals surface area contributed by atoms with Gasteiger partial charge in [0.15, 0.2) is 9.84 Å². The molecule has 27 heavy (non-hydrogen) atoms. The average molecular weight is 420 g/mol. The van der Waals surface area contributed by atoms with Crippen LogP contribution >= 0.6 is 0 Å². The summed E-state index contributed by atoms with van der Waals surface area (Å²) in [5.74, 6) is 4.71. The first-order valence-corrected chi connectivity index (χ1v) is 10.3. The summed E-state index contributed by atoms with van der Waals surface area (Å²) in [4.78, 5) is -0.129. The van der Waals surface area contributed by atoms with Crippen molar-refractivity contribution < 1.29 is 30.7 Å². The molecule has 0 saturated heterocycles. The molecule has 11 nitrogen and oxygen atoms in total. The van der Waals surface area contributed by atoms with E-state index in [1.807, 2.05) is 0 Å². The summed E-state index contributed by atoms with van der Waals surface area (Å²) in [5, 5.41) is 18.4. The van der Waals surface area contributed by atoms with Gasteiger partial charge < -0.3 is 5.11 Å². The van der Waals surface area contributed by atoms with Crippen LogP contribution in [0.4, 0.5) is 5.69 Å². The van der Waals surface area contributed by atoms with Crippen molar-refractivity contribution in [2.24, 2.45) is 16.1 Å². The highest BCUT2D eigenvalue weighted by Crippen LogP contribution is 2.22. The maximum atomic E-state index is 12.1. The largest absolute Gasteiger partial charge is 0.492 e. The van der Waals surface area contributed by atoms with Crippen LogP contribution in [0.25, 0.3) is 0 Å². The van der Waals surface area contributed by atoms with Crippen LogP contribution in [0.15, 0.2) is 63.1 Å². The Hall–Kier alpha value is -2.32. The van der Waals surface area contributed by atoms with Crippen molar-refractivity contribution in [2.45, 2.75) is 11.8 Å². The average Bonchev–Trinajstić information content (AvgIpc) is 2.57. The molecule has 0 spiro atoms. The summed E-state index contributed by atoms with van der Waals surface area (Å²) >= 11 is 0. The van der Waals surface area contributed by atoms with Gasteiger partial charge in [-0.05, 0) is 36.8 Å². The van der Waals surface area contributed by atoms with Crippen LogP contribution in [0, 0.1) is 0 Å². The SMILES string of the molecule is C=C(C)C(/N=N/C)=C(/O)N(N)c1ccc(S(=O)(=O)CCOS(=O)(=O)O)cc1. The van der Waals surface area contributed by atoms with Crippen molar-refractivity contribution in [1.29, 1.82) is 0 Å². The zero-order valence-electron chi connectivity index (χ0n) is 14.6. The Balaban J connectivity index is 3.04. The van der Waals surface area contributed by atoms with Gasteiger partial charge in [-0.15, -0.1) is 0 Å². The van der Waals surface area contributed by atoms with Gasteiger partial charge in [0.05, 0.1) is 22.9 Å². The summed E-state index contributed by atoms with van der Waals surface area (Å²) in [6.45, 7) is 4.52. The molecule has 150 valence electrons. The highest BCUT2D eigenvalue weighted by Gasteiger charge is 2.18. The van der Waals surface area contributed by atoms with E-state index in [1.165, 1.54) is 31.3 Å². The highest BCUT2D eigenvalue weighted by molar-refractivity contribution is 7.91. The third-order valence-corrected chi connectivity index (χ3v) is 5.26. The Morgan fingerprint density at radius 1 is 1.26 bits per heavy atom. The Morgan fingerprint density at radius 3 is 2.26 bits per heavy atom. The molecule has 0 fully saturated rings. The fourth-order valence-corrected chi connectivity index (χ4v) is 3.33. The van der Waals surface area contributed by atoms with Crippen LogP contribution in [0.1, 0.15) is 6.92 Å². The molecule has 0 aromatic heterocycles. The molecule has 0 unspecified atom stereocenters. The normalized spacial score (nSPS) is 13.5. The van der Waals surface area contributed by atoms with Gasteiger partial charge in [-0.3, -0.25) is 4.55 Å². The Bertz CT molecular complexity index is 952. The van der Waals surface area contributed by atoms with Crippen molar-refractivity contribution >= 4 is 25.9 Å². The van der Waals surface area contributed by atoms with Crippen LogP contribution in [-0.4, -0.2) is 45.9 Å². The summed E-state index contributed by atoms with van der Waals surface area (Å²) < 4.78 is 57.6. The van der Waals surface area contributed by atoms with Gasteiger partial charge in [0, 0.05) is 7.05 Å². The molecular weight excluding hydrogens is 400 g/mol. The minimum absolute atomic E-state index is 0.0547. The van der Waals surface area contributed by atoms with Crippen molar-refractivity contribution in [3.05, 3.63) is 48.0 Å². The van der Waals surface area contributed by atoms with Crippen LogP contribution in [-0.2, 0) is 24.4 Å². The van der Waals surface area contributed by atoms with Crippen molar-refractivity contribution in [3.8, 4) is 0 Å². The van der Waals surface area contributed by atoms with E-state index in [4.69, 9.17) is 10.4 Å². The number of benzene rings is 1. The first-order chi connectivity index (χ1) is 12.4. The quantitative estimate of drug-likeness (QED) is 0.133. The lowest BCUT2D eigenvalue weighted by Gasteiger charge is -2.19. The number of nitrogens with zero attached hydrogens (tertiary/aromatic N) is 3. The molecule has 0 aliphatic carbocycles. The molecular formula is C14H20N4O7S2. The third-order valence-electron chi connectivity index (χ3n) is 3.10. The lowest BCUT2D eigenvalue weighted by atomic mass is 10.2. The van der Waals surface area contributed by atoms with Crippen LogP contribution in [0.2, 0.25) is 0 Å². The summed E-state index contributed by atoms with van der Waals surface area (Å²) in [6.07, 6.45) is 0. The molecule has 0 atom stereocenters. The fraction of sp³-hybridized carbons (Fsp3) is 0.286. The molecule has 0 radical (unpaired) electrons. The number of anilines is 1. The highest BCUT2D eigenvalue weighted by atomic mass is 32.3. The van der Waals surface area contributed by atoms with E-state index in [2.05, 4.69) is 21.0 Å². The van der Waals surface area contributed by atoms with Gasteiger partial charge in [0.2, 0.25) is 5.88 Å². The van der Waals surface area contributed by atoms with Gasteiger partial charge in [-0.1, -0.05) is 6.58 Å². The van der Waals surface area contributed by atoms with E-state index in [9.17, 15) is 21.9 Å². The summed E-state index contributed by atoms with van der Waals surface area (Å²) in [7, 11) is -7.18. The fourth-order valence-electron chi connectivity index (χ4n) is 1.84. The second-order valence-corrected chi connectivity index (χ2v) is 8.39. The van der Waals surface area contributed by atoms with Gasteiger partial charge in [0.1, 0.15) is 5.70 Å². The number of hydrogen-bond acceptors (Lipinski definition) is 10. The molecule has 0 heterocycles. The van der Waals surface area contributed by atoms with Crippen molar-refractivity contribution in [2.75, 3.05) is 24.4 Å². The molecule has 0 aliphatic heterocycles. The van der Waals surface area contributed by atoms with Gasteiger partial charge in [0.25, 0.3) is 0 Å². The molecule has 0 aliphatic rings. The number of sulfone groups is 1. The molecule has 0 saturated carbocycles. The number of hydrazine groups is 1. The van der Waals surface area contributed by atoms with E-state index in [0.29, 0.717) is 5.57 Å². The molecule has 1 rings (SSSR count).